The van der Waals surface area contributed by atoms with Crippen molar-refractivity contribution in [3.63, 3.8) is 0 Å². The number of hydrogen-bond donors (Lipinski definition) is 3. The molecular formula is C24H28FN5OS. The Hall–Kier alpha value is -2.58. The highest BCUT2D eigenvalue weighted by molar-refractivity contribution is 7.83. The lowest BCUT2D eigenvalue weighted by molar-refractivity contribution is 0.558. The summed E-state index contributed by atoms with van der Waals surface area (Å²) >= 11 is 0. The molecule has 3 N–H and O–H groups in total. The number of nitrogens with one attached hydrogen (secondary N) is 3. The molecule has 0 spiro atoms. The van der Waals surface area contributed by atoms with Crippen LogP contribution in [0.4, 0.5) is 15.9 Å². The van der Waals surface area contributed by atoms with Crippen molar-refractivity contribution in [2.45, 2.75) is 68.7 Å². The summed E-state index contributed by atoms with van der Waals surface area (Å²) in [5, 5.41) is 10.6. The second-order valence-electron chi connectivity index (χ2n) is 9.73. The summed E-state index contributed by atoms with van der Waals surface area (Å²) in [6.45, 7) is 6.84. The van der Waals surface area contributed by atoms with Gasteiger partial charge in [-0.25, -0.2) is 13.3 Å². The number of aromatic amines is 1. The van der Waals surface area contributed by atoms with Crippen molar-refractivity contribution in [1.29, 1.82) is 0 Å². The van der Waals surface area contributed by atoms with Gasteiger partial charge in [-0.05, 0) is 43.5 Å². The average molecular weight is 454 g/mol. The van der Waals surface area contributed by atoms with Gasteiger partial charge in [0.05, 0.1) is 10.6 Å². The number of hydrogen-bond acceptors (Lipinski definition) is 4. The molecule has 2 aliphatic rings. The van der Waals surface area contributed by atoms with Gasteiger partial charge in [0.25, 0.3) is 0 Å². The second kappa shape index (κ2) is 8.08. The molecule has 3 unspecified atom stereocenters. The van der Waals surface area contributed by atoms with Crippen LogP contribution in [0.2, 0.25) is 0 Å². The summed E-state index contributed by atoms with van der Waals surface area (Å²) in [5.74, 6) is 1.02. The Labute approximate surface area is 190 Å². The number of pyridine rings is 1. The molecule has 32 heavy (non-hydrogen) atoms. The summed E-state index contributed by atoms with van der Waals surface area (Å²) in [6.07, 6.45) is 3.18. The fourth-order valence-electron chi connectivity index (χ4n) is 4.63. The quantitative estimate of drug-likeness (QED) is 0.509. The maximum atomic E-state index is 14.8. The van der Waals surface area contributed by atoms with Crippen LogP contribution < -0.4 is 10.0 Å². The molecule has 1 aliphatic heterocycles. The molecule has 2 aromatic heterocycles. The Morgan fingerprint density at radius 2 is 1.97 bits per heavy atom. The summed E-state index contributed by atoms with van der Waals surface area (Å²) in [6, 6.07) is 11.6. The fraction of sp³-hybridized carbons (Fsp3) is 0.417. The molecule has 3 atom stereocenters. The third-order valence-electron chi connectivity index (χ3n) is 6.47. The molecule has 1 saturated carbocycles. The minimum absolute atomic E-state index is 0.0376. The molecule has 6 nitrogen and oxygen atoms in total. The highest BCUT2D eigenvalue weighted by Crippen LogP contribution is 2.43. The molecule has 0 bridgehead atoms. The Bertz CT molecular complexity index is 1190. The van der Waals surface area contributed by atoms with E-state index in [2.05, 4.69) is 59.2 Å². The summed E-state index contributed by atoms with van der Waals surface area (Å²) in [4.78, 5) is 5.46. The first-order chi connectivity index (χ1) is 15.3. The fourth-order valence-corrected chi connectivity index (χ4v) is 5.64. The number of rotatable bonds is 4. The minimum Gasteiger partial charge on any atom is -0.336 e. The van der Waals surface area contributed by atoms with E-state index in [9.17, 15) is 8.60 Å². The molecule has 1 aromatic carbocycles. The third-order valence-corrected chi connectivity index (χ3v) is 7.66. The van der Waals surface area contributed by atoms with Crippen LogP contribution in [0.1, 0.15) is 74.5 Å². The summed E-state index contributed by atoms with van der Waals surface area (Å²) < 4.78 is 29.4. The predicted molar refractivity (Wildman–Crippen MR) is 124 cm³/mol. The van der Waals surface area contributed by atoms with E-state index >= 15 is 0 Å². The third kappa shape index (κ3) is 3.97. The van der Waals surface area contributed by atoms with Gasteiger partial charge in [0.2, 0.25) is 0 Å². The van der Waals surface area contributed by atoms with Gasteiger partial charge in [0, 0.05) is 52.5 Å². The zero-order valence-electron chi connectivity index (χ0n) is 18.5. The lowest BCUT2D eigenvalue weighted by Crippen LogP contribution is -2.14. The molecule has 0 radical (unpaired) electrons. The van der Waals surface area contributed by atoms with Gasteiger partial charge in [-0.1, -0.05) is 26.8 Å². The maximum Gasteiger partial charge on any atom is 0.152 e. The first-order valence-electron chi connectivity index (χ1n) is 11.1. The minimum atomic E-state index is -1.33. The first-order valence-corrected chi connectivity index (χ1v) is 12.2. The summed E-state index contributed by atoms with van der Waals surface area (Å²) in [5.41, 5.74) is 4.19. The van der Waals surface area contributed by atoms with E-state index in [-0.39, 0.29) is 17.8 Å². The van der Waals surface area contributed by atoms with E-state index in [0.717, 1.165) is 30.7 Å². The van der Waals surface area contributed by atoms with Crippen LogP contribution in [0.25, 0.3) is 0 Å². The Kier molecular flexibility index (Phi) is 5.37. The molecule has 0 saturated heterocycles. The normalized spacial score (nSPS) is 22.8. The molecule has 5 rings (SSSR count). The summed E-state index contributed by atoms with van der Waals surface area (Å²) in [7, 11) is -1.33. The lowest BCUT2D eigenvalue weighted by Gasteiger charge is -2.20. The smallest absolute Gasteiger partial charge is 0.152 e. The van der Waals surface area contributed by atoms with Crippen molar-refractivity contribution in [3.8, 4) is 0 Å². The molecule has 0 amide bonds. The van der Waals surface area contributed by atoms with Crippen molar-refractivity contribution < 1.29 is 8.60 Å². The van der Waals surface area contributed by atoms with E-state index < -0.39 is 11.0 Å². The van der Waals surface area contributed by atoms with Gasteiger partial charge in [-0.15, -0.1) is 0 Å². The van der Waals surface area contributed by atoms with Gasteiger partial charge >= 0.3 is 0 Å². The molecule has 168 valence electrons. The Balaban J connectivity index is 1.29. The average Bonchev–Trinajstić information content (AvgIpc) is 3.50. The highest BCUT2D eigenvalue weighted by atomic mass is 32.2. The monoisotopic (exact) mass is 453 g/mol. The van der Waals surface area contributed by atoms with Gasteiger partial charge in [0.1, 0.15) is 11.0 Å². The first kappa shape index (κ1) is 21.3. The molecule has 3 heterocycles. The SMILES string of the molecule is CC(C)(C)c1cccc(C2CCC(c3cc(Nc4ccc5c(c4F)CNS5=O)n[nH]3)C2)n1. The number of fused-ring (bicyclic) bond motifs is 1. The van der Waals surface area contributed by atoms with Crippen LogP contribution >= 0.6 is 0 Å². The van der Waals surface area contributed by atoms with E-state index in [1.807, 2.05) is 6.07 Å². The van der Waals surface area contributed by atoms with E-state index in [1.54, 1.807) is 12.1 Å². The lowest BCUT2D eigenvalue weighted by atomic mass is 9.90. The number of anilines is 2. The largest absolute Gasteiger partial charge is 0.336 e. The maximum absolute atomic E-state index is 14.8. The van der Waals surface area contributed by atoms with E-state index in [1.165, 1.54) is 5.69 Å². The van der Waals surface area contributed by atoms with Crippen LogP contribution in [-0.4, -0.2) is 19.4 Å². The second-order valence-corrected chi connectivity index (χ2v) is 11.0. The number of aromatic nitrogens is 3. The van der Waals surface area contributed by atoms with Crippen molar-refractivity contribution >= 4 is 22.5 Å². The van der Waals surface area contributed by atoms with Crippen LogP contribution in [0.5, 0.6) is 0 Å². The molecule has 3 aromatic rings. The van der Waals surface area contributed by atoms with Gasteiger partial charge in [0.15, 0.2) is 11.6 Å². The van der Waals surface area contributed by atoms with Crippen LogP contribution in [0.3, 0.4) is 0 Å². The number of benzene rings is 1. The van der Waals surface area contributed by atoms with Gasteiger partial charge < -0.3 is 5.32 Å². The van der Waals surface area contributed by atoms with Crippen molar-refractivity contribution in [2.75, 3.05) is 5.32 Å². The van der Waals surface area contributed by atoms with Crippen LogP contribution in [-0.2, 0) is 22.9 Å². The number of halogens is 1. The van der Waals surface area contributed by atoms with Crippen LogP contribution in [0, 0.1) is 5.82 Å². The van der Waals surface area contributed by atoms with Crippen LogP contribution in [0.15, 0.2) is 41.3 Å². The predicted octanol–water partition coefficient (Wildman–Crippen LogP) is 5.16. The molecular weight excluding hydrogens is 425 g/mol. The zero-order valence-corrected chi connectivity index (χ0v) is 19.4. The topological polar surface area (TPSA) is 82.7 Å². The molecule has 1 aliphatic carbocycles. The highest BCUT2D eigenvalue weighted by Gasteiger charge is 2.30. The van der Waals surface area contributed by atoms with E-state index in [4.69, 9.17) is 4.98 Å². The standard InChI is InChI=1S/C24H28FN5OS/c1-24(2,3)21-6-4-5-17(27-21)14-7-8-15(11-14)19-12-22(30-29-19)28-18-9-10-20-16(23(18)25)13-26-32(20)31/h4-6,9-10,12,14-15,26H,7-8,11,13H2,1-3H3,(H2,28,29,30). The number of H-pyrrole nitrogens is 1. The number of nitrogens with zero attached hydrogens (tertiary/aromatic N) is 2. The van der Waals surface area contributed by atoms with Crippen molar-refractivity contribution in [2.24, 2.45) is 0 Å². The van der Waals surface area contributed by atoms with Gasteiger partial charge in [-0.3, -0.25) is 10.1 Å². The Morgan fingerprint density at radius 1 is 1.16 bits per heavy atom. The molecule has 8 heteroatoms. The van der Waals surface area contributed by atoms with E-state index in [0.29, 0.717) is 33.8 Å². The van der Waals surface area contributed by atoms with Gasteiger partial charge in [-0.2, -0.15) is 5.10 Å². The Morgan fingerprint density at radius 3 is 2.78 bits per heavy atom. The molecule has 1 fully saturated rings. The zero-order chi connectivity index (χ0) is 22.5. The van der Waals surface area contributed by atoms with Crippen molar-refractivity contribution in [3.05, 3.63) is 64.9 Å². The van der Waals surface area contributed by atoms with Crippen molar-refractivity contribution in [1.82, 2.24) is 19.9 Å².